The number of phosphoric acid groups is 1. The second-order valence-corrected chi connectivity index (χ2v) is 14.7. The largest absolute Gasteiger partial charge is 0.756 e. The van der Waals surface area contributed by atoms with Crippen molar-refractivity contribution < 1.29 is 32.9 Å². The lowest BCUT2D eigenvalue weighted by atomic mass is 10.0. The van der Waals surface area contributed by atoms with E-state index in [9.17, 15) is 19.4 Å². The zero-order valence-corrected chi connectivity index (χ0v) is 29.6. The van der Waals surface area contributed by atoms with Gasteiger partial charge in [0.05, 0.1) is 39.9 Å². The van der Waals surface area contributed by atoms with Gasteiger partial charge in [0.1, 0.15) is 0 Å². The number of carbonyl (C=O) groups is 1. The quantitative estimate of drug-likeness (QED) is 0.0262. The molecule has 256 valence electrons. The fraction of sp³-hybridized carbons (Fsp3) is 0.912. The summed E-state index contributed by atoms with van der Waals surface area (Å²) in [4.78, 5) is 24.9. The zero-order chi connectivity index (χ0) is 32.2. The van der Waals surface area contributed by atoms with Crippen molar-refractivity contribution in [3.8, 4) is 0 Å². The molecule has 0 saturated carbocycles. The molecule has 0 rings (SSSR count). The molecule has 0 aromatic carbocycles. The Balaban J connectivity index is 4.55. The maximum absolute atomic E-state index is 12.7. The van der Waals surface area contributed by atoms with Gasteiger partial charge in [-0.05, 0) is 19.3 Å². The summed E-state index contributed by atoms with van der Waals surface area (Å²) in [7, 11) is 0.833. The Morgan fingerprint density at radius 2 is 1.21 bits per heavy atom. The molecular formula is C34H69N2O6P. The lowest BCUT2D eigenvalue weighted by Gasteiger charge is -2.30. The third kappa shape index (κ3) is 29.7. The lowest BCUT2D eigenvalue weighted by Crippen LogP contribution is -2.46. The normalized spacial score (nSPS) is 15.0. The highest BCUT2D eigenvalue weighted by atomic mass is 31.2. The van der Waals surface area contributed by atoms with Gasteiger partial charge in [-0.3, -0.25) is 13.9 Å². The van der Waals surface area contributed by atoms with Crippen LogP contribution in [0.3, 0.4) is 0 Å². The van der Waals surface area contributed by atoms with Crippen LogP contribution in [0.4, 0.5) is 0 Å². The number of hydrogen-bond acceptors (Lipinski definition) is 6. The van der Waals surface area contributed by atoms with E-state index < -0.39 is 20.0 Å². The summed E-state index contributed by atoms with van der Waals surface area (Å²) >= 11 is 0. The third-order valence-corrected chi connectivity index (χ3v) is 8.49. The van der Waals surface area contributed by atoms with Crippen molar-refractivity contribution in [3.05, 3.63) is 12.2 Å². The molecule has 0 aliphatic carbocycles. The number of allylic oxidation sites excluding steroid dienone is 1. The average Bonchev–Trinajstić information content (AvgIpc) is 2.95. The van der Waals surface area contributed by atoms with Gasteiger partial charge in [-0.25, -0.2) is 0 Å². The monoisotopic (exact) mass is 632 g/mol. The summed E-state index contributed by atoms with van der Waals surface area (Å²) in [6.45, 7) is 4.01. The fourth-order valence-corrected chi connectivity index (χ4v) is 5.76. The Morgan fingerprint density at radius 1 is 0.767 bits per heavy atom. The Bertz CT molecular complexity index is 728. The number of carbonyl (C=O) groups excluding carboxylic acids is 1. The minimum absolute atomic E-state index is 0.0716. The van der Waals surface area contributed by atoms with Gasteiger partial charge < -0.3 is 24.3 Å². The van der Waals surface area contributed by atoms with E-state index >= 15 is 0 Å². The van der Waals surface area contributed by atoms with Gasteiger partial charge in [0.2, 0.25) is 5.91 Å². The van der Waals surface area contributed by atoms with Crippen LogP contribution in [0, 0.1) is 0 Å². The molecule has 0 aromatic rings. The highest BCUT2D eigenvalue weighted by Crippen LogP contribution is 2.38. The van der Waals surface area contributed by atoms with Gasteiger partial charge in [0.25, 0.3) is 7.82 Å². The predicted molar refractivity (Wildman–Crippen MR) is 178 cm³/mol. The highest BCUT2D eigenvalue weighted by Gasteiger charge is 2.23. The van der Waals surface area contributed by atoms with Gasteiger partial charge in [-0.2, -0.15) is 0 Å². The number of quaternary nitrogens is 1. The number of unbranched alkanes of at least 4 members (excludes halogenated alkanes) is 19. The smallest absolute Gasteiger partial charge is 0.272 e. The molecule has 2 N–H and O–H groups in total. The van der Waals surface area contributed by atoms with Crippen LogP contribution in [-0.4, -0.2) is 62.1 Å². The molecule has 0 aliphatic heterocycles. The van der Waals surface area contributed by atoms with Gasteiger partial charge >= 0.3 is 0 Å². The zero-order valence-electron chi connectivity index (χ0n) is 28.7. The third-order valence-electron chi connectivity index (χ3n) is 7.59. The van der Waals surface area contributed by atoms with Gasteiger partial charge in [-0.15, -0.1) is 0 Å². The summed E-state index contributed by atoms with van der Waals surface area (Å²) in [6, 6.07) is -0.880. The van der Waals surface area contributed by atoms with E-state index in [1.54, 1.807) is 27.2 Å². The minimum Gasteiger partial charge on any atom is -0.756 e. The Hall–Kier alpha value is -0.760. The summed E-state index contributed by atoms with van der Waals surface area (Å²) < 4.78 is 22.6. The van der Waals surface area contributed by atoms with Crippen molar-refractivity contribution >= 4 is 13.7 Å². The average molecular weight is 633 g/mol. The first-order chi connectivity index (χ1) is 20.5. The van der Waals surface area contributed by atoms with Crippen LogP contribution in [0.5, 0.6) is 0 Å². The number of amides is 1. The minimum atomic E-state index is -4.58. The molecule has 3 atom stereocenters. The van der Waals surface area contributed by atoms with Crippen LogP contribution >= 0.6 is 7.82 Å². The van der Waals surface area contributed by atoms with Crippen molar-refractivity contribution in [3.63, 3.8) is 0 Å². The van der Waals surface area contributed by atoms with Crippen LogP contribution in [-0.2, 0) is 18.4 Å². The molecule has 1 unspecified atom stereocenters. The number of nitrogens with one attached hydrogen (secondary N) is 1. The molecular weight excluding hydrogens is 563 g/mol. The summed E-state index contributed by atoms with van der Waals surface area (Å²) in [5, 5.41) is 13.6. The number of phosphoric ester groups is 1. The first-order valence-corrected chi connectivity index (χ1v) is 19.0. The van der Waals surface area contributed by atoms with E-state index in [2.05, 4.69) is 19.2 Å². The molecule has 0 spiro atoms. The summed E-state index contributed by atoms with van der Waals surface area (Å²) in [5.74, 6) is -0.206. The van der Waals surface area contributed by atoms with E-state index in [1.807, 2.05) is 6.08 Å². The first kappa shape index (κ1) is 42.2. The summed E-state index contributed by atoms with van der Waals surface area (Å²) in [6.07, 6.45) is 28.2. The Morgan fingerprint density at radius 3 is 1.67 bits per heavy atom. The van der Waals surface area contributed by atoms with Crippen molar-refractivity contribution in [2.45, 2.75) is 167 Å². The number of rotatable bonds is 31. The van der Waals surface area contributed by atoms with E-state index in [-0.39, 0.29) is 19.2 Å². The highest BCUT2D eigenvalue weighted by molar-refractivity contribution is 7.45. The maximum Gasteiger partial charge on any atom is 0.272 e. The number of aliphatic hydroxyl groups is 1. The lowest BCUT2D eigenvalue weighted by molar-refractivity contribution is -0.887. The number of hydrogen-bond donors (Lipinski definition) is 2. The Kier molecular flexibility index (Phi) is 27.1. The van der Waals surface area contributed by atoms with Crippen molar-refractivity contribution in [1.29, 1.82) is 0 Å². The summed E-state index contributed by atoms with van der Waals surface area (Å²) in [5.41, 5.74) is 0. The molecule has 43 heavy (non-hydrogen) atoms. The van der Waals surface area contributed by atoms with Gasteiger partial charge in [0.15, 0.2) is 6.73 Å². The predicted octanol–water partition coefficient (Wildman–Crippen LogP) is 8.18. The van der Waals surface area contributed by atoms with E-state index in [0.717, 1.165) is 38.5 Å². The van der Waals surface area contributed by atoms with Gasteiger partial charge in [0, 0.05) is 6.42 Å². The first-order valence-electron chi connectivity index (χ1n) is 17.6. The van der Waals surface area contributed by atoms with Crippen LogP contribution in [0.15, 0.2) is 12.2 Å². The number of nitrogens with zero attached hydrogens (tertiary/aromatic N) is 1. The molecule has 0 heterocycles. The standard InChI is InChI=1S/C34H69N2O6P/c1-6-8-10-12-14-16-17-18-19-21-22-24-26-28-33(37)32(30-41-43(39,40)42-31-36(3,4)5)35-34(38)29-27-25-23-20-15-13-11-9-7-2/h26,28,32-33,37H,6-25,27,29-31H2,1-5H3,(H-,35,38,39,40)/b28-26+/t32-,33+/m0/s1. The van der Waals surface area contributed by atoms with E-state index in [4.69, 9.17) is 9.05 Å². The molecule has 0 fully saturated rings. The van der Waals surface area contributed by atoms with Crippen molar-refractivity contribution in [1.82, 2.24) is 5.32 Å². The van der Waals surface area contributed by atoms with Crippen molar-refractivity contribution in [2.75, 3.05) is 34.5 Å². The van der Waals surface area contributed by atoms with Crippen molar-refractivity contribution in [2.24, 2.45) is 0 Å². The van der Waals surface area contributed by atoms with Gasteiger partial charge in [-0.1, -0.05) is 142 Å². The molecule has 0 aromatic heterocycles. The molecule has 0 radical (unpaired) electrons. The molecule has 1 amide bonds. The van der Waals surface area contributed by atoms with Crippen LogP contribution in [0.2, 0.25) is 0 Å². The molecule has 9 heteroatoms. The SMILES string of the molecule is CCCCCCCCCCCCC/C=C/[C@@H](O)[C@H](COP(=O)([O-])OC[N+](C)(C)C)NC(=O)CCCCCCCCCCC. The van der Waals surface area contributed by atoms with E-state index in [0.29, 0.717) is 10.9 Å². The van der Waals surface area contributed by atoms with Crippen LogP contribution in [0.25, 0.3) is 0 Å². The molecule has 0 aliphatic rings. The molecule has 8 nitrogen and oxygen atoms in total. The maximum atomic E-state index is 12.7. The topological polar surface area (TPSA) is 108 Å². The Labute approximate surface area is 265 Å². The van der Waals surface area contributed by atoms with Crippen LogP contribution < -0.4 is 10.2 Å². The molecule has 0 saturated heterocycles. The number of aliphatic hydroxyl groups excluding tert-OH is 1. The second-order valence-electron chi connectivity index (χ2n) is 13.3. The second kappa shape index (κ2) is 27.5. The fourth-order valence-electron chi connectivity index (χ4n) is 4.85. The molecule has 0 bridgehead atoms. The van der Waals surface area contributed by atoms with E-state index in [1.165, 1.54) is 96.3 Å². The van der Waals surface area contributed by atoms with Crippen LogP contribution in [0.1, 0.15) is 155 Å².